The smallest absolute Gasteiger partial charge is 0.241 e. The van der Waals surface area contributed by atoms with Crippen molar-refractivity contribution in [3.05, 3.63) is 53.0 Å². The molecule has 1 fully saturated rings. The Morgan fingerprint density at radius 1 is 1.17 bits per heavy atom. The first-order valence-electron chi connectivity index (χ1n) is 14.1. The second-order valence-corrected chi connectivity index (χ2v) is 13.2. The number of aromatic nitrogens is 1. The lowest BCUT2D eigenvalue weighted by Gasteiger charge is -2.38. The summed E-state index contributed by atoms with van der Waals surface area (Å²) in [4.78, 5) is 38.5. The van der Waals surface area contributed by atoms with Crippen molar-refractivity contribution in [3.8, 4) is 0 Å². The lowest BCUT2D eigenvalue weighted by atomic mass is 9.95. The van der Waals surface area contributed by atoms with Crippen molar-refractivity contribution in [1.29, 1.82) is 0 Å². The van der Waals surface area contributed by atoms with Crippen molar-refractivity contribution in [3.63, 3.8) is 0 Å². The van der Waals surface area contributed by atoms with Gasteiger partial charge in [0.2, 0.25) is 15.9 Å². The van der Waals surface area contributed by atoms with E-state index in [1.54, 1.807) is 34.7 Å². The number of hydrogen-bond donors (Lipinski definition) is 3. The number of likely N-dealkylation sites (tertiary alicyclic amines) is 1. The summed E-state index contributed by atoms with van der Waals surface area (Å²) in [5.41, 5.74) is 11.8. The van der Waals surface area contributed by atoms with Gasteiger partial charge in [-0.25, -0.2) is 13.4 Å². The van der Waals surface area contributed by atoms with Crippen LogP contribution in [0.15, 0.2) is 57.9 Å². The molecular formula is C29H39N7O4S2. The Morgan fingerprint density at radius 3 is 2.64 bits per heavy atom. The summed E-state index contributed by atoms with van der Waals surface area (Å²) in [5.74, 6) is -0.415. The number of Topliss-reactive ketones (excluding diaryl/α,β-unsaturated/α-hetero) is 1. The van der Waals surface area contributed by atoms with Crippen LogP contribution in [-0.4, -0.2) is 75.2 Å². The standard InChI is InChI=1S/C29H39N7O4S2/c1-35(2)24-12-5-10-22-21(24)9-6-13-26(22)42(39,40)34-23(11-7-16-33-29(30)31)28(38)36-18-4-3-8-20(36)14-15-25(37)27-32-17-19-41-27/h5-6,9-10,12-13,17,19-20,23,34H,3-4,7-8,11,14-16,18H2,1-2H3,(H4,30,31,33)/t20-,23+/m1/s1. The van der Waals surface area contributed by atoms with Crippen molar-refractivity contribution < 1.29 is 18.0 Å². The second-order valence-electron chi connectivity index (χ2n) is 10.6. The van der Waals surface area contributed by atoms with Crippen LogP contribution in [0.5, 0.6) is 0 Å². The maximum absolute atomic E-state index is 14.0. The molecule has 1 aliphatic rings. The summed E-state index contributed by atoms with van der Waals surface area (Å²) in [6.45, 7) is 0.765. The minimum Gasteiger partial charge on any atom is -0.377 e. The number of fused-ring (bicyclic) bond motifs is 1. The molecule has 1 saturated heterocycles. The number of sulfonamides is 1. The fraction of sp³-hybridized carbons (Fsp3) is 0.448. The molecule has 11 nitrogen and oxygen atoms in total. The Balaban J connectivity index is 1.59. The van der Waals surface area contributed by atoms with Crippen LogP contribution in [0.3, 0.4) is 0 Å². The van der Waals surface area contributed by atoms with E-state index < -0.39 is 16.1 Å². The quantitative estimate of drug-likeness (QED) is 0.115. The minimum absolute atomic E-state index is 0.0505. The maximum Gasteiger partial charge on any atom is 0.241 e. The monoisotopic (exact) mass is 613 g/mol. The van der Waals surface area contributed by atoms with Crippen LogP contribution in [0.4, 0.5) is 5.69 Å². The normalized spacial score (nSPS) is 16.2. The second kappa shape index (κ2) is 14.1. The van der Waals surface area contributed by atoms with E-state index in [4.69, 9.17) is 11.5 Å². The van der Waals surface area contributed by atoms with Gasteiger partial charge in [-0.05, 0) is 50.7 Å². The minimum atomic E-state index is -4.10. The average Bonchev–Trinajstić information content (AvgIpc) is 3.52. The molecular weight excluding hydrogens is 574 g/mol. The van der Waals surface area contributed by atoms with Gasteiger partial charge in [-0.1, -0.05) is 24.3 Å². The molecule has 0 bridgehead atoms. The molecule has 0 aliphatic carbocycles. The first kappa shape index (κ1) is 31.4. The van der Waals surface area contributed by atoms with Gasteiger partial charge in [-0.2, -0.15) is 4.72 Å². The zero-order valence-electron chi connectivity index (χ0n) is 24.0. The number of guanidine groups is 1. The number of ketones is 1. The predicted octanol–water partition coefficient (Wildman–Crippen LogP) is 3.11. The molecule has 2 atom stereocenters. The zero-order valence-corrected chi connectivity index (χ0v) is 25.7. The predicted molar refractivity (Wildman–Crippen MR) is 167 cm³/mol. The summed E-state index contributed by atoms with van der Waals surface area (Å²) < 4.78 is 30.5. The number of nitrogens with zero attached hydrogens (tertiary/aromatic N) is 4. The highest BCUT2D eigenvalue weighted by atomic mass is 32.2. The van der Waals surface area contributed by atoms with E-state index in [1.165, 1.54) is 11.3 Å². The van der Waals surface area contributed by atoms with E-state index in [2.05, 4.69) is 14.7 Å². The molecule has 42 heavy (non-hydrogen) atoms. The number of nitrogens with one attached hydrogen (secondary N) is 1. The number of thiazole rings is 1. The van der Waals surface area contributed by atoms with Crippen molar-refractivity contribution >= 4 is 55.5 Å². The fourth-order valence-electron chi connectivity index (χ4n) is 5.43. The van der Waals surface area contributed by atoms with Gasteiger partial charge in [-0.3, -0.25) is 14.6 Å². The van der Waals surface area contributed by atoms with E-state index in [9.17, 15) is 18.0 Å². The molecule has 5 N–H and O–H groups in total. The summed E-state index contributed by atoms with van der Waals surface area (Å²) in [6.07, 6.45) is 5.48. The van der Waals surface area contributed by atoms with Gasteiger partial charge in [0.1, 0.15) is 6.04 Å². The topological polar surface area (TPSA) is 164 Å². The van der Waals surface area contributed by atoms with E-state index in [0.717, 1.165) is 30.3 Å². The fourth-order valence-corrected chi connectivity index (χ4v) is 7.48. The Labute approximate surface area is 251 Å². The number of amides is 1. The maximum atomic E-state index is 14.0. The van der Waals surface area contributed by atoms with Gasteiger partial charge in [-0.15, -0.1) is 11.3 Å². The lowest BCUT2D eigenvalue weighted by molar-refractivity contribution is -0.137. The van der Waals surface area contributed by atoms with E-state index in [-0.39, 0.29) is 48.0 Å². The Kier molecular flexibility index (Phi) is 10.5. The van der Waals surface area contributed by atoms with Crippen LogP contribution in [-0.2, 0) is 14.8 Å². The number of aliphatic imine (C=N–C) groups is 1. The highest BCUT2D eigenvalue weighted by Crippen LogP contribution is 2.31. The molecule has 2 heterocycles. The Hall–Kier alpha value is -3.55. The van der Waals surface area contributed by atoms with Crippen LogP contribution in [0.2, 0.25) is 0 Å². The number of piperidine rings is 1. The zero-order chi connectivity index (χ0) is 30.3. The summed E-state index contributed by atoms with van der Waals surface area (Å²) in [6, 6.07) is 9.47. The van der Waals surface area contributed by atoms with Crippen LogP contribution >= 0.6 is 11.3 Å². The SMILES string of the molecule is CN(C)c1cccc2c(S(=O)(=O)N[C@@H](CCCN=C(N)N)C(=O)N3CCCC[C@@H]3CCC(=O)c3nccs3)cccc12. The molecule has 0 radical (unpaired) electrons. The van der Waals surface area contributed by atoms with E-state index in [1.807, 2.05) is 37.2 Å². The number of benzene rings is 2. The van der Waals surface area contributed by atoms with Gasteiger partial charge in [0.05, 0.1) is 4.90 Å². The lowest BCUT2D eigenvalue weighted by Crippen LogP contribution is -2.53. The van der Waals surface area contributed by atoms with E-state index >= 15 is 0 Å². The largest absolute Gasteiger partial charge is 0.377 e. The summed E-state index contributed by atoms with van der Waals surface area (Å²) >= 11 is 1.30. The van der Waals surface area contributed by atoms with E-state index in [0.29, 0.717) is 29.8 Å². The van der Waals surface area contributed by atoms with Gasteiger partial charge in [0.25, 0.3) is 0 Å². The van der Waals surface area contributed by atoms with Crippen molar-refractivity contribution in [1.82, 2.24) is 14.6 Å². The number of anilines is 1. The number of rotatable bonds is 13. The highest BCUT2D eigenvalue weighted by molar-refractivity contribution is 7.89. The van der Waals surface area contributed by atoms with Gasteiger partial charge in [0.15, 0.2) is 16.8 Å². The third-order valence-electron chi connectivity index (χ3n) is 7.46. The van der Waals surface area contributed by atoms with Crippen LogP contribution in [0.1, 0.15) is 54.7 Å². The van der Waals surface area contributed by atoms with Crippen molar-refractivity contribution in [2.75, 3.05) is 32.1 Å². The summed E-state index contributed by atoms with van der Waals surface area (Å²) in [5, 5.41) is 3.59. The number of carbonyl (C=O) groups excluding carboxylic acids is 2. The molecule has 0 saturated carbocycles. The summed E-state index contributed by atoms with van der Waals surface area (Å²) in [7, 11) is -0.297. The number of carbonyl (C=O) groups is 2. The molecule has 13 heteroatoms. The molecule has 226 valence electrons. The first-order valence-corrected chi connectivity index (χ1v) is 16.4. The third kappa shape index (κ3) is 7.64. The molecule has 1 amide bonds. The Bertz CT molecular complexity index is 1520. The first-order chi connectivity index (χ1) is 20.1. The van der Waals surface area contributed by atoms with Gasteiger partial charge >= 0.3 is 0 Å². The average molecular weight is 614 g/mol. The van der Waals surface area contributed by atoms with Gasteiger partial charge in [0, 0.05) is 67.7 Å². The molecule has 3 aromatic rings. The van der Waals surface area contributed by atoms with Crippen LogP contribution in [0, 0.1) is 0 Å². The van der Waals surface area contributed by atoms with Crippen LogP contribution in [0.25, 0.3) is 10.8 Å². The van der Waals surface area contributed by atoms with Crippen molar-refractivity contribution in [2.24, 2.45) is 16.5 Å². The molecule has 0 unspecified atom stereocenters. The molecule has 4 rings (SSSR count). The van der Waals surface area contributed by atoms with Crippen LogP contribution < -0.4 is 21.1 Å². The number of hydrogen-bond acceptors (Lipinski definition) is 8. The van der Waals surface area contributed by atoms with Crippen molar-refractivity contribution in [2.45, 2.75) is 61.9 Å². The highest BCUT2D eigenvalue weighted by Gasteiger charge is 2.34. The third-order valence-corrected chi connectivity index (χ3v) is 9.80. The number of nitrogens with two attached hydrogens (primary N) is 2. The van der Waals surface area contributed by atoms with Gasteiger partial charge < -0.3 is 21.3 Å². The Morgan fingerprint density at radius 2 is 1.93 bits per heavy atom. The molecule has 1 aromatic heterocycles. The molecule has 1 aliphatic heterocycles. The molecule has 0 spiro atoms. The molecule has 2 aromatic carbocycles.